The van der Waals surface area contributed by atoms with Crippen LogP contribution in [0.5, 0.6) is 0 Å². The van der Waals surface area contributed by atoms with E-state index in [0.29, 0.717) is 0 Å². The Morgan fingerprint density at radius 3 is 3.14 bits per heavy atom. The summed E-state index contributed by atoms with van der Waals surface area (Å²) >= 11 is 1.70. The highest BCUT2D eigenvalue weighted by atomic mass is 32.2. The summed E-state index contributed by atoms with van der Waals surface area (Å²) in [5.74, 6) is 0.833. The highest BCUT2D eigenvalue weighted by Crippen LogP contribution is 2.22. The maximum atomic E-state index is 5.59. The van der Waals surface area contributed by atoms with Crippen molar-refractivity contribution >= 4 is 33.5 Å². The smallest absolute Gasteiger partial charge is 0.177 e. The topological polar surface area (TPSA) is 61.8 Å². The lowest BCUT2D eigenvalue weighted by Crippen LogP contribution is -2.26. The molecule has 0 amide bonds. The third-order valence-electron chi connectivity index (χ3n) is 3.99. The summed E-state index contributed by atoms with van der Waals surface area (Å²) in [6.45, 7) is 1.60. The number of aliphatic imine (C=N–C) groups is 1. The summed E-state index contributed by atoms with van der Waals surface area (Å²) in [5.41, 5.74) is 6.43. The number of fused-ring (bicyclic) bond motifs is 1. The normalized spacial score (nSPS) is 23.7. The molecule has 114 valence electrons. The van der Waals surface area contributed by atoms with Gasteiger partial charge in [-0.3, -0.25) is 10.4 Å². The number of aromatic nitrogens is 1. The molecule has 22 heavy (non-hydrogen) atoms. The molecule has 6 heteroatoms. The van der Waals surface area contributed by atoms with Gasteiger partial charge in [0.15, 0.2) is 5.17 Å². The summed E-state index contributed by atoms with van der Waals surface area (Å²) in [6, 6.07) is 8.29. The number of rotatable bonds is 3. The van der Waals surface area contributed by atoms with Crippen molar-refractivity contribution in [3.8, 4) is 0 Å². The number of ether oxygens (including phenoxy) is 1. The second-order valence-corrected chi connectivity index (χ2v) is 6.45. The maximum absolute atomic E-state index is 5.59. The van der Waals surface area contributed by atoms with E-state index >= 15 is 0 Å². The van der Waals surface area contributed by atoms with Crippen LogP contribution in [0.15, 0.2) is 40.6 Å². The van der Waals surface area contributed by atoms with E-state index < -0.39 is 0 Å². The van der Waals surface area contributed by atoms with Crippen molar-refractivity contribution in [1.29, 1.82) is 0 Å². The molecule has 0 saturated carbocycles. The number of H-pyrrole nitrogens is 1. The van der Waals surface area contributed by atoms with Crippen molar-refractivity contribution in [1.82, 2.24) is 10.4 Å². The molecule has 0 bridgehead atoms. The molecule has 2 N–H and O–H groups in total. The average Bonchev–Trinajstić information content (AvgIpc) is 3.23. The molecule has 1 aromatic heterocycles. The Labute approximate surface area is 133 Å². The highest BCUT2D eigenvalue weighted by molar-refractivity contribution is 8.14. The lowest BCUT2D eigenvalue weighted by molar-refractivity contribution is 0.118. The lowest BCUT2D eigenvalue weighted by atomic mass is 10.1. The number of para-hydroxylation sites is 1. The average molecular weight is 314 g/mol. The molecule has 0 aliphatic carbocycles. The second-order valence-electron chi connectivity index (χ2n) is 5.49. The van der Waals surface area contributed by atoms with E-state index in [0.717, 1.165) is 53.7 Å². The molecule has 2 aromatic rings. The first kappa shape index (κ1) is 13.8. The van der Waals surface area contributed by atoms with E-state index in [4.69, 9.17) is 4.74 Å². The number of hydrogen-bond donors (Lipinski definition) is 2. The molecule has 2 aliphatic heterocycles. The van der Waals surface area contributed by atoms with Crippen LogP contribution in [0, 0.1) is 0 Å². The minimum absolute atomic E-state index is 0.286. The number of nitrogens with one attached hydrogen (secondary N) is 2. The number of benzene rings is 1. The fourth-order valence-electron chi connectivity index (χ4n) is 2.82. The van der Waals surface area contributed by atoms with Gasteiger partial charge in [-0.05, 0) is 18.9 Å². The van der Waals surface area contributed by atoms with Crippen molar-refractivity contribution in [3.05, 3.63) is 36.0 Å². The molecule has 3 heterocycles. The summed E-state index contributed by atoms with van der Waals surface area (Å²) < 4.78 is 5.59. The largest absolute Gasteiger partial charge is 0.376 e. The standard InChI is InChI=1S/C16H18N4OS/c1-2-6-14-12(5-1)13(9-17-14)15-10-22-16(20-19-15)18-8-11-4-3-7-21-11/h1-2,5-6,9,11,17H,3-4,7-8,10H2,(H,18,20)/t11-/m0/s1. The van der Waals surface area contributed by atoms with Crippen molar-refractivity contribution < 1.29 is 4.74 Å². The van der Waals surface area contributed by atoms with Gasteiger partial charge in [-0.15, -0.1) is 0 Å². The van der Waals surface area contributed by atoms with Gasteiger partial charge in [0.05, 0.1) is 18.4 Å². The van der Waals surface area contributed by atoms with Crippen LogP contribution in [0.2, 0.25) is 0 Å². The van der Waals surface area contributed by atoms with Crippen LogP contribution < -0.4 is 5.43 Å². The zero-order valence-corrected chi connectivity index (χ0v) is 13.0. The van der Waals surface area contributed by atoms with E-state index in [9.17, 15) is 0 Å². The monoisotopic (exact) mass is 314 g/mol. The first-order chi connectivity index (χ1) is 10.9. The van der Waals surface area contributed by atoms with Crippen molar-refractivity contribution in [3.63, 3.8) is 0 Å². The third-order valence-corrected chi connectivity index (χ3v) is 4.91. The van der Waals surface area contributed by atoms with Gasteiger partial charge < -0.3 is 9.72 Å². The summed E-state index contributed by atoms with van der Waals surface area (Å²) in [6.07, 6.45) is 4.58. The molecule has 1 aromatic carbocycles. The van der Waals surface area contributed by atoms with Crippen molar-refractivity contribution in [2.24, 2.45) is 10.1 Å². The Balaban J connectivity index is 1.48. The van der Waals surface area contributed by atoms with Crippen LogP contribution in [-0.2, 0) is 4.74 Å². The van der Waals surface area contributed by atoms with Crippen LogP contribution in [0.4, 0.5) is 0 Å². The quantitative estimate of drug-likeness (QED) is 0.916. The van der Waals surface area contributed by atoms with E-state index in [-0.39, 0.29) is 6.10 Å². The molecule has 1 atom stereocenters. The first-order valence-electron chi connectivity index (χ1n) is 7.58. The number of hydrogen-bond acceptors (Lipinski definition) is 4. The molecule has 1 fully saturated rings. The lowest BCUT2D eigenvalue weighted by Gasteiger charge is -2.15. The van der Waals surface area contributed by atoms with E-state index in [2.05, 4.69) is 38.7 Å². The number of hydrazone groups is 1. The van der Waals surface area contributed by atoms with Crippen molar-refractivity contribution in [2.45, 2.75) is 18.9 Å². The molecular formula is C16H18N4OS. The maximum Gasteiger partial charge on any atom is 0.177 e. The summed E-state index contributed by atoms with van der Waals surface area (Å²) in [4.78, 5) is 7.87. The Morgan fingerprint density at radius 2 is 2.32 bits per heavy atom. The highest BCUT2D eigenvalue weighted by Gasteiger charge is 2.18. The molecule has 0 unspecified atom stereocenters. The molecular weight excluding hydrogens is 296 g/mol. The van der Waals surface area contributed by atoms with E-state index in [1.54, 1.807) is 11.8 Å². The van der Waals surface area contributed by atoms with Crippen LogP contribution >= 0.6 is 11.8 Å². The molecule has 2 aliphatic rings. The van der Waals surface area contributed by atoms with Gasteiger partial charge in [0.1, 0.15) is 0 Å². The van der Waals surface area contributed by atoms with Crippen LogP contribution in [0.3, 0.4) is 0 Å². The number of thioether (sulfide) groups is 1. The van der Waals surface area contributed by atoms with Crippen LogP contribution in [0.25, 0.3) is 10.9 Å². The Hall–Kier alpha value is -1.79. The minimum Gasteiger partial charge on any atom is -0.376 e. The Bertz CT molecular complexity index is 731. The van der Waals surface area contributed by atoms with Gasteiger partial charge >= 0.3 is 0 Å². The minimum atomic E-state index is 0.286. The zero-order chi connectivity index (χ0) is 14.8. The fraction of sp³-hybridized carbons (Fsp3) is 0.375. The molecule has 0 spiro atoms. The van der Waals surface area contributed by atoms with Gasteiger partial charge in [0, 0.05) is 35.0 Å². The predicted octanol–water partition coefficient (Wildman–Crippen LogP) is 2.74. The zero-order valence-electron chi connectivity index (χ0n) is 12.2. The SMILES string of the molecule is c1ccc2c(C3=NNC(=NC[C@@H]4CCCO4)SC3)c[nH]c2c1. The number of amidine groups is 1. The molecule has 1 saturated heterocycles. The van der Waals surface area contributed by atoms with Gasteiger partial charge in [0.2, 0.25) is 0 Å². The van der Waals surface area contributed by atoms with Gasteiger partial charge in [-0.1, -0.05) is 30.0 Å². The number of aromatic amines is 1. The predicted molar refractivity (Wildman–Crippen MR) is 91.7 cm³/mol. The van der Waals surface area contributed by atoms with Crippen LogP contribution in [-0.4, -0.2) is 40.9 Å². The number of nitrogens with zero attached hydrogens (tertiary/aromatic N) is 2. The third kappa shape index (κ3) is 2.76. The second kappa shape index (κ2) is 6.14. The van der Waals surface area contributed by atoms with E-state index in [1.165, 1.54) is 5.39 Å². The molecule has 4 rings (SSSR count). The summed E-state index contributed by atoms with van der Waals surface area (Å²) in [7, 11) is 0. The van der Waals surface area contributed by atoms with Gasteiger partial charge in [0.25, 0.3) is 0 Å². The van der Waals surface area contributed by atoms with E-state index in [1.807, 2.05) is 12.3 Å². The van der Waals surface area contributed by atoms with Gasteiger partial charge in [-0.2, -0.15) is 5.10 Å². The summed E-state index contributed by atoms with van der Waals surface area (Å²) in [5, 5.41) is 6.60. The van der Waals surface area contributed by atoms with Crippen molar-refractivity contribution in [2.75, 3.05) is 18.9 Å². The van der Waals surface area contributed by atoms with Crippen LogP contribution in [0.1, 0.15) is 18.4 Å². The fourth-order valence-corrected chi connectivity index (χ4v) is 3.59. The molecule has 0 radical (unpaired) electrons. The first-order valence-corrected chi connectivity index (χ1v) is 8.56. The Morgan fingerprint density at radius 1 is 1.36 bits per heavy atom. The molecule has 5 nitrogen and oxygen atoms in total. The Kier molecular flexibility index (Phi) is 3.86. The van der Waals surface area contributed by atoms with Gasteiger partial charge in [-0.25, -0.2) is 0 Å².